The van der Waals surface area contributed by atoms with Crippen LogP contribution in [0.25, 0.3) is 0 Å². The van der Waals surface area contributed by atoms with Crippen LogP contribution in [-0.4, -0.2) is 264 Å². The number of carboxylic acid groups (broad SMARTS) is 5. The fourth-order valence-corrected chi connectivity index (χ4v) is 15.0. The summed E-state index contributed by atoms with van der Waals surface area (Å²) in [6, 6.07) is 10.9. The van der Waals surface area contributed by atoms with Crippen LogP contribution in [0, 0.1) is 0 Å². The van der Waals surface area contributed by atoms with E-state index in [0.717, 1.165) is 34.7 Å². The van der Waals surface area contributed by atoms with Crippen LogP contribution in [-0.2, 0) is 75.1 Å². The number of benzene rings is 4. The van der Waals surface area contributed by atoms with E-state index >= 15 is 0 Å². The molecule has 0 saturated carbocycles. The molecular weight excluding hydrogens is 1560 g/mol. The first-order chi connectivity index (χ1) is 55.6. The van der Waals surface area contributed by atoms with Gasteiger partial charge < -0.3 is 107 Å². The number of methoxy groups -OCH3 is 3. The second-order valence-corrected chi connectivity index (χ2v) is 29.8. The van der Waals surface area contributed by atoms with Gasteiger partial charge in [0.1, 0.15) is 48.9 Å². The maximum absolute atomic E-state index is 14.6. The standard InChI is InChI=1S/C76H99N13O25S2/c1-110-57-38-47-46(36-56(57)90)65(64-45-37-58(111-2)59(112-3)39-48(45)71(101)89(66(47)64)27-15-26-88-28-30-113-31-29-88)86-87-76(109)114-32-33-115-116-42-55(74(106)107)83-70(100)54(40-63(95)96)81-67(97)49(77)41-79-68(98)52(34-43-16-9-7-10-17-43)82-69(99)53(35-44-18-11-8-12-19-44)80-61(92)20-13-5-4-6-14-25-78-60(91)23-21-50(72(102)103)84-75(108)85-51(73(104)105)22-24-62(93)94/h7-12,16-19,36-39,49-55,64,66,90H,4-6,13-15,20-35,40-42,77H2,1-3H3,(H,78,91)(H,79,98)(H,80,92)(H,81,97)(H,82,99)(H,83,100)(H,87,109)(H,93,94)(H,95,96)(H,102,103)(H,104,105)(H,106,107)(H2,84,85,108)/b86-65+/t49-,50-,51-,52-,53-,54-,55-,64?,66?/m0/s1. The van der Waals surface area contributed by atoms with Crippen LogP contribution in [0.15, 0.2) is 90.0 Å². The van der Waals surface area contributed by atoms with Gasteiger partial charge in [0, 0.05) is 94.0 Å². The number of phenolic OH excluding ortho intramolecular Hbond substituents is 1. The maximum atomic E-state index is 14.6. The van der Waals surface area contributed by atoms with Crippen LogP contribution in [0.2, 0.25) is 0 Å². The third kappa shape index (κ3) is 28.5. The molecule has 2 unspecified atom stereocenters. The number of hydrogen-bond acceptors (Lipinski definition) is 25. The molecule has 17 N–H and O–H groups in total. The minimum atomic E-state index is -1.88. The van der Waals surface area contributed by atoms with E-state index in [1.807, 2.05) is 5.32 Å². The Kier molecular flexibility index (Phi) is 37.0. The molecule has 10 amide bonds. The Morgan fingerprint density at radius 3 is 1.75 bits per heavy atom. The lowest BCUT2D eigenvalue weighted by atomic mass is 9.82. The first-order valence-electron chi connectivity index (χ1n) is 37.4. The molecule has 3 aliphatic rings. The molecule has 1 fully saturated rings. The van der Waals surface area contributed by atoms with Crippen molar-refractivity contribution in [2.45, 2.75) is 144 Å². The molecule has 40 heteroatoms. The molecule has 2 aliphatic heterocycles. The van der Waals surface area contributed by atoms with Crippen LogP contribution in [0.4, 0.5) is 9.59 Å². The zero-order chi connectivity index (χ0) is 84.4. The zero-order valence-corrected chi connectivity index (χ0v) is 65.8. The molecule has 2 heterocycles. The van der Waals surface area contributed by atoms with Crippen molar-refractivity contribution in [3.63, 3.8) is 0 Å². The smallest absolute Gasteiger partial charge is 0.427 e. The average molecular weight is 1660 g/mol. The van der Waals surface area contributed by atoms with Crippen molar-refractivity contribution in [1.82, 2.24) is 57.8 Å². The third-order valence-electron chi connectivity index (χ3n) is 19.0. The van der Waals surface area contributed by atoms with Crippen molar-refractivity contribution in [2.75, 3.05) is 91.9 Å². The number of morpholine rings is 1. The number of rotatable bonds is 49. The van der Waals surface area contributed by atoms with E-state index in [-0.39, 0.29) is 79.9 Å². The second-order valence-electron chi connectivity index (χ2n) is 27.2. The van der Waals surface area contributed by atoms with E-state index in [9.17, 15) is 92.7 Å². The Labute approximate surface area is 674 Å². The van der Waals surface area contributed by atoms with Gasteiger partial charge in [0.2, 0.25) is 35.4 Å². The number of urea groups is 1. The molecule has 9 atom stereocenters. The molecular formula is C76H99N13O25S2. The van der Waals surface area contributed by atoms with Gasteiger partial charge in [-0.3, -0.25) is 48.1 Å². The van der Waals surface area contributed by atoms with Crippen LogP contribution < -0.4 is 67.9 Å². The van der Waals surface area contributed by atoms with Crippen molar-refractivity contribution in [3.8, 4) is 23.0 Å². The largest absolute Gasteiger partial charge is 0.504 e. The van der Waals surface area contributed by atoms with Crippen molar-refractivity contribution in [2.24, 2.45) is 10.8 Å². The highest BCUT2D eigenvalue weighted by atomic mass is 33.1. The number of unbranched alkanes of at least 4 members (excludes halogenated alkanes) is 4. The van der Waals surface area contributed by atoms with Crippen molar-refractivity contribution in [1.29, 1.82) is 0 Å². The molecule has 1 aliphatic carbocycles. The third-order valence-corrected chi connectivity index (χ3v) is 21.3. The summed E-state index contributed by atoms with van der Waals surface area (Å²) in [4.78, 5) is 185. The lowest BCUT2D eigenvalue weighted by Crippen LogP contribution is -2.58. The zero-order valence-electron chi connectivity index (χ0n) is 64.1. The maximum Gasteiger partial charge on any atom is 0.427 e. The first kappa shape index (κ1) is 91.7. The molecule has 630 valence electrons. The number of aromatic hydroxyl groups is 1. The number of phenols is 1. The van der Waals surface area contributed by atoms with E-state index in [4.69, 9.17) is 34.5 Å². The molecule has 4 aromatic carbocycles. The monoisotopic (exact) mass is 1660 g/mol. The lowest BCUT2D eigenvalue weighted by Gasteiger charge is -2.40. The Morgan fingerprint density at radius 2 is 1.14 bits per heavy atom. The summed E-state index contributed by atoms with van der Waals surface area (Å²) in [5.41, 5.74) is 12.1. The van der Waals surface area contributed by atoms with Gasteiger partial charge in [-0.25, -0.2) is 29.4 Å². The number of hydrazone groups is 1. The van der Waals surface area contributed by atoms with Gasteiger partial charge in [-0.05, 0) is 78.6 Å². The predicted molar refractivity (Wildman–Crippen MR) is 419 cm³/mol. The molecule has 116 heavy (non-hydrogen) atoms. The van der Waals surface area contributed by atoms with Crippen molar-refractivity contribution >= 4 is 111 Å². The molecule has 1 saturated heterocycles. The summed E-state index contributed by atoms with van der Waals surface area (Å²) in [5.74, 6) is -12.9. The normalized spacial score (nSPS) is 16.3. The highest BCUT2D eigenvalue weighted by Gasteiger charge is 2.50. The predicted octanol–water partition coefficient (Wildman–Crippen LogP) is 1.98. The Hall–Kier alpha value is -11.5. The van der Waals surface area contributed by atoms with Crippen LogP contribution >= 0.6 is 21.6 Å². The van der Waals surface area contributed by atoms with E-state index in [1.165, 1.54) is 27.4 Å². The summed E-state index contributed by atoms with van der Waals surface area (Å²) in [7, 11) is 6.32. The number of nitrogens with zero attached hydrogens (tertiary/aromatic N) is 3. The van der Waals surface area contributed by atoms with Crippen LogP contribution in [0.1, 0.15) is 127 Å². The SMILES string of the molecule is COc1cc2c(cc1O)/C(=N\NC(=O)OCCSSC[C@H](NC(=O)[C@H](CC(=O)O)NC(=O)[C@@H](N)CNC(=O)[C@H](Cc1ccccc1)NC(=O)[C@H](Cc1ccccc1)NC(=O)CCCCCCCNC(=O)CC[C@H](NC(=O)N[C@@H](CCC(=O)O)C(=O)O)C(=O)O)C(=O)O)C1c3cc(OC)c(OC)cc3C(=O)N(CCCN3CCOCC3)C21. The number of carboxylic acids is 5. The van der Waals surface area contributed by atoms with Gasteiger partial charge in [-0.1, -0.05) is 102 Å². The molecule has 0 aromatic heterocycles. The minimum Gasteiger partial charge on any atom is -0.504 e. The van der Waals surface area contributed by atoms with Crippen molar-refractivity contribution in [3.05, 3.63) is 118 Å². The number of nitrogens with one attached hydrogen (secondary N) is 9. The summed E-state index contributed by atoms with van der Waals surface area (Å²) in [6.07, 6.45) is -0.380. The summed E-state index contributed by atoms with van der Waals surface area (Å²) < 4.78 is 27.7. The topological polar surface area (TPSA) is 560 Å². The number of aliphatic carboxylic acids is 5. The summed E-state index contributed by atoms with van der Waals surface area (Å²) in [6.45, 7) is 3.08. The quantitative estimate of drug-likeness (QED) is 0.0171. The Bertz CT molecular complexity index is 4140. The average Bonchev–Trinajstić information content (AvgIpc) is 1.55. The van der Waals surface area contributed by atoms with E-state index in [0.29, 0.717) is 110 Å². The number of carbonyl (C=O) groups is 14. The number of ether oxygens (including phenoxy) is 5. The Morgan fingerprint density at radius 1 is 0.569 bits per heavy atom. The number of carbonyl (C=O) groups excluding carboxylic acids is 9. The van der Waals surface area contributed by atoms with E-state index in [1.54, 1.807) is 83.8 Å². The first-order valence-corrected chi connectivity index (χ1v) is 39.9. The highest BCUT2D eigenvalue weighted by Crippen LogP contribution is 2.54. The second kappa shape index (κ2) is 46.8. The number of hydrogen-bond donors (Lipinski definition) is 16. The van der Waals surface area contributed by atoms with E-state index in [2.05, 4.69) is 52.6 Å². The van der Waals surface area contributed by atoms with Gasteiger partial charge in [0.15, 0.2) is 23.0 Å². The summed E-state index contributed by atoms with van der Waals surface area (Å²) >= 11 is 0. The molecule has 0 spiro atoms. The summed E-state index contributed by atoms with van der Waals surface area (Å²) in [5, 5.41) is 82.5. The number of fused-ring (bicyclic) bond motifs is 5. The van der Waals surface area contributed by atoms with Crippen LogP contribution in [0.3, 0.4) is 0 Å². The number of nitrogens with two attached hydrogens (primary N) is 1. The molecule has 4 aromatic rings. The molecule has 38 nitrogen and oxygen atoms in total. The molecule has 0 bridgehead atoms. The van der Waals surface area contributed by atoms with Crippen LogP contribution in [0.5, 0.6) is 23.0 Å². The fourth-order valence-electron chi connectivity index (χ4n) is 13.0. The minimum absolute atomic E-state index is 0.00643. The Balaban J connectivity index is 0.871. The van der Waals surface area contributed by atoms with Gasteiger partial charge in [0.25, 0.3) is 5.91 Å². The molecule has 0 radical (unpaired) electrons. The number of amides is 10. The lowest BCUT2D eigenvalue weighted by molar-refractivity contribution is -0.143. The van der Waals surface area contributed by atoms with Gasteiger partial charge >= 0.3 is 42.0 Å². The molecule has 7 rings (SSSR count). The van der Waals surface area contributed by atoms with Gasteiger partial charge in [0.05, 0.1) is 58.6 Å². The fraction of sp³-hybridized carbons (Fsp3) is 0.487. The van der Waals surface area contributed by atoms with Gasteiger partial charge in [-0.15, -0.1) is 0 Å². The van der Waals surface area contributed by atoms with E-state index < -0.39 is 157 Å². The van der Waals surface area contributed by atoms with Crippen molar-refractivity contribution < 1.29 is 121 Å². The highest BCUT2D eigenvalue weighted by molar-refractivity contribution is 8.76. The van der Waals surface area contributed by atoms with Gasteiger partial charge in [-0.2, -0.15) is 5.10 Å².